The first-order valence-corrected chi connectivity index (χ1v) is 8.96. The normalized spacial score (nSPS) is 12.4. The van der Waals surface area contributed by atoms with Gasteiger partial charge in [-0.05, 0) is 61.3 Å². The maximum Gasteiger partial charge on any atom is 0.158 e. The van der Waals surface area contributed by atoms with E-state index in [-0.39, 0.29) is 12.4 Å². The van der Waals surface area contributed by atoms with Crippen molar-refractivity contribution in [3.05, 3.63) is 28.2 Å². The monoisotopic (exact) mass is 363 g/mol. The average Bonchev–Trinajstić information content (AvgIpc) is 2.31. The van der Waals surface area contributed by atoms with E-state index in [4.69, 9.17) is 10.5 Å². The molecule has 0 fully saturated rings. The van der Waals surface area contributed by atoms with Crippen LogP contribution in [0.5, 0.6) is 5.75 Å². The Morgan fingerprint density at radius 3 is 2.50 bits per heavy atom. The summed E-state index contributed by atoms with van der Waals surface area (Å²) in [4.78, 5) is 0. The van der Waals surface area contributed by atoms with E-state index < -0.39 is 14.6 Å². The maximum atomic E-state index is 12.0. The third-order valence-electron chi connectivity index (χ3n) is 2.99. The van der Waals surface area contributed by atoms with Crippen LogP contribution in [0.25, 0.3) is 0 Å². The number of hydrogen-bond donors (Lipinski definition) is 1. The second-order valence-electron chi connectivity index (χ2n) is 5.55. The van der Waals surface area contributed by atoms with E-state index in [2.05, 4.69) is 15.9 Å². The lowest BCUT2D eigenvalue weighted by Crippen LogP contribution is -2.32. The SMILES string of the molecule is CC(C)(C)S(=O)(=O)CCOc1c(Br)cccc1CCN. The minimum absolute atomic E-state index is 0.0000999. The molecule has 20 heavy (non-hydrogen) atoms. The lowest BCUT2D eigenvalue weighted by molar-refractivity contribution is 0.334. The predicted molar refractivity (Wildman–Crippen MR) is 85.9 cm³/mol. The second-order valence-corrected chi connectivity index (χ2v) is 9.26. The van der Waals surface area contributed by atoms with Crippen molar-refractivity contribution in [1.29, 1.82) is 0 Å². The van der Waals surface area contributed by atoms with Crippen LogP contribution in [0.1, 0.15) is 26.3 Å². The largest absolute Gasteiger partial charge is 0.491 e. The molecule has 0 aliphatic heterocycles. The number of para-hydroxylation sites is 1. The van der Waals surface area contributed by atoms with Crippen molar-refractivity contribution in [2.75, 3.05) is 18.9 Å². The second kappa shape index (κ2) is 6.91. The van der Waals surface area contributed by atoms with Crippen molar-refractivity contribution in [1.82, 2.24) is 0 Å². The van der Waals surface area contributed by atoms with Gasteiger partial charge in [0.15, 0.2) is 9.84 Å². The first-order valence-electron chi connectivity index (χ1n) is 6.51. The molecule has 0 aliphatic rings. The highest BCUT2D eigenvalue weighted by atomic mass is 79.9. The topological polar surface area (TPSA) is 69.4 Å². The summed E-state index contributed by atoms with van der Waals surface area (Å²) < 4.78 is 29.8. The van der Waals surface area contributed by atoms with Crippen LogP contribution in [-0.2, 0) is 16.3 Å². The Morgan fingerprint density at radius 2 is 1.95 bits per heavy atom. The zero-order chi connectivity index (χ0) is 15.4. The van der Waals surface area contributed by atoms with Crippen LogP contribution in [0.15, 0.2) is 22.7 Å². The van der Waals surface area contributed by atoms with Crippen molar-refractivity contribution < 1.29 is 13.2 Å². The van der Waals surface area contributed by atoms with E-state index >= 15 is 0 Å². The standard InChI is InChI=1S/C14H22BrNO3S/c1-14(2,3)20(17,18)10-9-19-13-11(7-8-16)5-4-6-12(13)15/h4-6H,7-10,16H2,1-3H3. The minimum Gasteiger partial charge on any atom is -0.491 e. The van der Waals surface area contributed by atoms with Gasteiger partial charge in [-0.2, -0.15) is 0 Å². The zero-order valence-electron chi connectivity index (χ0n) is 12.1. The molecule has 114 valence electrons. The van der Waals surface area contributed by atoms with Crippen molar-refractivity contribution in [3.8, 4) is 5.75 Å². The van der Waals surface area contributed by atoms with Crippen molar-refractivity contribution in [3.63, 3.8) is 0 Å². The van der Waals surface area contributed by atoms with E-state index in [0.29, 0.717) is 18.7 Å². The van der Waals surface area contributed by atoms with Gasteiger partial charge in [0, 0.05) is 0 Å². The van der Waals surface area contributed by atoms with Crippen LogP contribution in [0, 0.1) is 0 Å². The Morgan fingerprint density at radius 1 is 1.30 bits per heavy atom. The molecule has 1 rings (SSSR count). The summed E-state index contributed by atoms with van der Waals surface area (Å²) in [6.45, 7) is 5.74. The number of rotatable bonds is 6. The fraction of sp³-hybridized carbons (Fsp3) is 0.571. The molecule has 1 aromatic rings. The Labute approximate surface area is 129 Å². The number of benzene rings is 1. The number of sulfone groups is 1. The van der Waals surface area contributed by atoms with Crippen molar-refractivity contribution >= 4 is 25.8 Å². The van der Waals surface area contributed by atoms with Crippen LogP contribution < -0.4 is 10.5 Å². The number of hydrogen-bond acceptors (Lipinski definition) is 4. The summed E-state index contributed by atoms with van der Waals surface area (Å²) in [6.07, 6.45) is 0.695. The molecule has 4 nitrogen and oxygen atoms in total. The average molecular weight is 364 g/mol. The summed E-state index contributed by atoms with van der Waals surface area (Å²) in [6, 6.07) is 5.71. The highest BCUT2D eigenvalue weighted by Crippen LogP contribution is 2.29. The summed E-state index contributed by atoms with van der Waals surface area (Å²) in [5.41, 5.74) is 6.55. The molecule has 0 spiro atoms. The molecule has 0 aromatic heterocycles. The number of ether oxygens (including phenoxy) is 1. The van der Waals surface area contributed by atoms with Gasteiger partial charge >= 0.3 is 0 Å². The predicted octanol–water partition coefficient (Wildman–Crippen LogP) is 2.54. The van der Waals surface area contributed by atoms with E-state index in [1.807, 2.05) is 18.2 Å². The molecule has 2 N–H and O–H groups in total. The van der Waals surface area contributed by atoms with Gasteiger partial charge in [-0.1, -0.05) is 12.1 Å². The van der Waals surface area contributed by atoms with E-state index in [1.54, 1.807) is 20.8 Å². The molecule has 0 unspecified atom stereocenters. The number of halogens is 1. The molecule has 6 heteroatoms. The molecule has 1 aromatic carbocycles. The van der Waals surface area contributed by atoms with Gasteiger partial charge < -0.3 is 10.5 Å². The first kappa shape index (κ1) is 17.5. The first-order chi connectivity index (χ1) is 9.19. The Balaban J connectivity index is 2.77. The quantitative estimate of drug-likeness (QED) is 0.842. The molecule has 0 aliphatic carbocycles. The fourth-order valence-corrected chi connectivity index (χ4v) is 3.06. The third-order valence-corrected chi connectivity index (χ3v) is 6.19. The van der Waals surface area contributed by atoms with Gasteiger partial charge in [0.05, 0.1) is 15.0 Å². The maximum absolute atomic E-state index is 12.0. The lowest BCUT2D eigenvalue weighted by atomic mass is 10.1. The molecule has 0 bridgehead atoms. The molecule has 0 amide bonds. The zero-order valence-corrected chi connectivity index (χ0v) is 14.6. The van der Waals surface area contributed by atoms with Gasteiger partial charge in [0.1, 0.15) is 12.4 Å². The van der Waals surface area contributed by atoms with E-state index in [0.717, 1.165) is 10.0 Å². The summed E-state index contributed by atoms with van der Waals surface area (Å²) in [7, 11) is -3.17. The molecule has 0 atom stereocenters. The molecular formula is C14H22BrNO3S. The third kappa shape index (κ3) is 4.46. The van der Waals surface area contributed by atoms with Crippen LogP contribution in [-0.4, -0.2) is 32.1 Å². The van der Waals surface area contributed by atoms with Crippen LogP contribution >= 0.6 is 15.9 Å². The van der Waals surface area contributed by atoms with Crippen molar-refractivity contribution in [2.45, 2.75) is 31.9 Å². The fourth-order valence-electron chi connectivity index (χ4n) is 1.63. The highest BCUT2D eigenvalue weighted by Gasteiger charge is 2.28. The Kier molecular flexibility index (Phi) is 6.04. The molecule has 0 heterocycles. The Bertz CT molecular complexity index is 550. The van der Waals surface area contributed by atoms with Gasteiger partial charge in [-0.25, -0.2) is 8.42 Å². The highest BCUT2D eigenvalue weighted by molar-refractivity contribution is 9.10. The minimum atomic E-state index is -3.17. The summed E-state index contributed by atoms with van der Waals surface area (Å²) in [5.74, 6) is 0.682. The van der Waals surface area contributed by atoms with Crippen LogP contribution in [0.4, 0.5) is 0 Å². The number of nitrogens with two attached hydrogens (primary N) is 1. The van der Waals surface area contributed by atoms with Crippen molar-refractivity contribution in [2.24, 2.45) is 5.73 Å². The van der Waals surface area contributed by atoms with Gasteiger partial charge in [-0.3, -0.25) is 0 Å². The van der Waals surface area contributed by atoms with Gasteiger partial charge in [0.2, 0.25) is 0 Å². The molecular weight excluding hydrogens is 342 g/mol. The van der Waals surface area contributed by atoms with E-state index in [9.17, 15) is 8.42 Å². The smallest absolute Gasteiger partial charge is 0.158 e. The molecule has 0 radical (unpaired) electrons. The molecule has 0 saturated carbocycles. The van der Waals surface area contributed by atoms with Crippen LogP contribution in [0.2, 0.25) is 0 Å². The summed E-state index contributed by atoms with van der Waals surface area (Å²) >= 11 is 3.42. The van der Waals surface area contributed by atoms with E-state index in [1.165, 1.54) is 0 Å². The molecule has 0 saturated heterocycles. The van der Waals surface area contributed by atoms with Gasteiger partial charge in [-0.15, -0.1) is 0 Å². The Hall–Kier alpha value is -0.590. The lowest BCUT2D eigenvalue weighted by Gasteiger charge is -2.20. The van der Waals surface area contributed by atoms with Gasteiger partial charge in [0.25, 0.3) is 0 Å². The summed E-state index contributed by atoms with van der Waals surface area (Å²) in [5, 5.41) is 0. The van der Waals surface area contributed by atoms with Crippen LogP contribution in [0.3, 0.4) is 0 Å².